The lowest BCUT2D eigenvalue weighted by atomic mass is 10.0. The first kappa shape index (κ1) is 15.6. The van der Waals surface area contributed by atoms with Gasteiger partial charge >= 0.3 is 0 Å². The van der Waals surface area contributed by atoms with Crippen LogP contribution in [0.4, 0.5) is 8.78 Å². The van der Waals surface area contributed by atoms with Gasteiger partial charge in [0.15, 0.2) is 0 Å². The molecule has 0 bridgehead atoms. The quantitative estimate of drug-likeness (QED) is 0.913. The third-order valence-corrected chi connectivity index (χ3v) is 4.02. The molecule has 3 rings (SSSR count). The van der Waals surface area contributed by atoms with Crippen molar-refractivity contribution in [3.8, 4) is 11.1 Å². The molecular formula is C18H18F2N2O. The zero-order valence-electron chi connectivity index (χ0n) is 12.6. The predicted molar refractivity (Wildman–Crippen MR) is 85.2 cm³/mol. The fraction of sp³-hybridized carbons (Fsp3) is 0.278. The molecule has 1 saturated heterocycles. The number of carbonyl (C=O) groups is 1. The Morgan fingerprint density at radius 1 is 1.09 bits per heavy atom. The number of benzene rings is 2. The van der Waals surface area contributed by atoms with Gasteiger partial charge in [0, 0.05) is 12.6 Å². The van der Waals surface area contributed by atoms with Crippen LogP contribution in [0.15, 0.2) is 42.5 Å². The number of amides is 1. The van der Waals surface area contributed by atoms with E-state index in [9.17, 15) is 13.6 Å². The standard InChI is InChI=1S/C18H18F2N2O/c19-14-6-3-12(4-7-14)13-5-8-16(17(20)10-13)18(23)22-15-2-1-9-21-11-15/h3-8,10,15,21H,1-2,9,11H2,(H,22,23). The molecule has 3 nitrogen and oxygen atoms in total. The van der Waals surface area contributed by atoms with E-state index in [2.05, 4.69) is 10.6 Å². The first-order valence-electron chi connectivity index (χ1n) is 7.70. The summed E-state index contributed by atoms with van der Waals surface area (Å²) in [5, 5.41) is 6.05. The van der Waals surface area contributed by atoms with Crippen LogP contribution in [0.3, 0.4) is 0 Å². The van der Waals surface area contributed by atoms with E-state index in [1.807, 2.05) is 0 Å². The van der Waals surface area contributed by atoms with Gasteiger partial charge in [-0.2, -0.15) is 0 Å². The molecule has 120 valence electrons. The lowest BCUT2D eigenvalue weighted by Gasteiger charge is -2.23. The minimum absolute atomic E-state index is 0.0291. The molecule has 1 heterocycles. The van der Waals surface area contributed by atoms with Gasteiger partial charge in [-0.25, -0.2) is 8.78 Å². The summed E-state index contributed by atoms with van der Waals surface area (Å²) >= 11 is 0. The van der Waals surface area contributed by atoms with Gasteiger partial charge < -0.3 is 10.6 Å². The highest BCUT2D eigenvalue weighted by molar-refractivity contribution is 5.95. The Labute approximate surface area is 133 Å². The Morgan fingerprint density at radius 3 is 2.48 bits per heavy atom. The topological polar surface area (TPSA) is 41.1 Å². The third-order valence-electron chi connectivity index (χ3n) is 4.02. The van der Waals surface area contributed by atoms with Gasteiger partial charge in [0.2, 0.25) is 0 Å². The monoisotopic (exact) mass is 316 g/mol. The molecule has 0 aromatic heterocycles. The Balaban J connectivity index is 1.76. The summed E-state index contributed by atoms with van der Waals surface area (Å²) in [7, 11) is 0. The van der Waals surface area contributed by atoms with Crippen LogP contribution in [-0.4, -0.2) is 25.0 Å². The van der Waals surface area contributed by atoms with E-state index in [0.29, 0.717) is 17.7 Å². The van der Waals surface area contributed by atoms with Crippen LogP contribution in [0.5, 0.6) is 0 Å². The van der Waals surface area contributed by atoms with Crippen molar-refractivity contribution in [2.45, 2.75) is 18.9 Å². The summed E-state index contributed by atoms with van der Waals surface area (Å²) in [5.41, 5.74) is 1.34. The van der Waals surface area contributed by atoms with Crippen LogP contribution in [0, 0.1) is 11.6 Å². The van der Waals surface area contributed by atoms with Crippen molar-refractivity contribution >= 4 is 5.91 Å². The second-order valence-electron chi connectivity index (χ2n) is 5.72. The maximum atomic E-state index is 14.3. The fourth-order valence-electron chi connectivity index (χ4n) is 2.76. The molecule has 0 saturated carbocycles. The number of nitrogens with one attached hydrogen (secondary N) is 2. The van der Waals surface area contributed by atoms with Crippen molar-refractivity contribution in [3.05, 3.63) is 59.7 Å². The Hall–Kier alpha value is -2.27. The normalized spacial score (nSPS) is 17.7. The molecular weight excluding hydrogens is 298 g/mol. The number of hydrogen-bond donors (Lipinski definition) is 2. The largest absolute Gasteiger partial charge is 0.348 e. The van der Waals surface area contributed by atoms with Gasteiger partial charge in [-0.05, 0) is 54.8 Å². The highest BCUT2D eigenvalue weighted by Crippen LogP contribution is 2.22. The van der Waals surface area contributed by atoms with E-state index >= 15 is 0 Å². The van der Waals surface area contributed by atoms with Crippen molar-refractivity contribution in [2.24, 2.45) is 0 Å². The van der Waals surface area contributed by atoms with Crippen molar-refractivity contribution in [3.63, 3.8) is 0 Å². The third kappa shape index (κ3) is 3.74. The molecule has 0 aliphatic carbocycles. The Morgan fingerprint density at radius 2 is 1.83 bits per heavy atom. The van der Waals surface area contributed by atoms with Crippen LogP contribution < -0.4 is 10.6 Å². The first-order chi connectivity index (χ1) is 11.1. The number of rotatable bonds is 3. The highest BCUT2D eigenvalue weighted by atomic mass is 19.1. The minimum atomic E-state index is -0.576. The summed E-state index contributed by atoms with van der Waals surface area (Å²) in [6.45, 7) is 1.66. The molecule has 1 aliphatic rings. The summed E-state index contributed by atoms with van der Waals surface area (Å²) < 4.78 is 27.2. The van der Waals surface area contributed by atoms with Crippen LogP contribution in [0.2, 0.25) is 0 Å². The molecule has 1 atom stereocenters. The smallest absolute Gasteiger partial charge is 0.254 e. The van der Waals surface area contributed by atoms with Gasteiger partial charge in [-0.1, -0.05) is 18.2 Å². The molecule has 2 N–H and O–H groups in total. The maximum absolute atomic E-state index is 14.3. The second-order valence-corrected chi connectivity index (χ2v) is 5.72. The molecule has 0 spiro atoms. The molecule has 1 fully saturated rings. The molecule has 1 unspecified atom stereocenters. The summed E-state index contributed by atoms with van der Waals surface area (Å²) in [6.07, 6.45) is 1.89. The summed E-state index contributed by atoms with van der Waals surface area (Å²) in [5.74, 6) is -1.32. The van der Waals surface area contributed by atoms with Crippen LogP contribution >= 0.6 is 0 Å². The number of hydrogen-bond acceptors (Lipinski definition) is 2. The highest BCUT2D eigenvalue weighted by Gasteiger charge is 2.18. The van der Waals surface area contributed by atoms with E-state index in [0.717, 1.165) is 19.4 Å². The average Bonchev–Trinajstić information content (AvgIpc) is 2.56. The Bertz CT molecular complexity index is 695. The van der Waals surface area contributed by atoms with Crippen molar-refractivity contribution in [2.75, 3.05) is 13.1 Å². The predicted octanol–water partition coefficient (Wildman–Crippen LogP) is 3.11. The van der Waals surface area contributed by atoms with Crippen LogP contribution in [0.25, 0.3) is 11.1 Å². The summed E-state index contributed by atoms with van der Waals surface area (Å²) in [4.78, 5) is 12.2. The van der Waals surface area contributed by atoms with E-state index in [1.165, 1.54) is 24.3 Å². The number of carbonyl (C=O) groups excluding carboxylic acids is 1. The first-order valence-corrected chi connectivity index (χ1v) is 7.70. The zero-order chi connectivity index (χ0) is 16.2. The van der Waals surface area contributed by atoms with Gasteiger partial charge in [0.1, 0.15) is 11.6 Å². The lowest BCUT2D eigenvalue weighted by molar-refractivity contribution is 0.0926. The SMILES string of the molecule is O=C(NC1CCCNC1)c1ccc(-c2ccc(F)cc2)cc1F. The van der Waals surface area contributed by atoms with Gasteiger partial charge in [-0.15, -0.1) is 0 Å². The molecule has 0 radical (unpaired) electrons. The molecule has 1 aliphatic heterocycles. The molecule has 5 heteroatoms. The summed E-state index contributed by atoms with van der Waals surface area (Å²) in [6, 6.07) is 10.3. The number of piperidine rings is 1. The fourth-order valence-corrected chi connectivity index (χ4v) is 2.76. The van der Waals surface area contributed by atoms with E-state index in [-0.39, 0.29) is 17.4 Å². The number of halogens is 2. The van der Waals surface area contributed by atoms with E-state index in [4.69, 9.17) is 0 Å². The average molecular weight is 316 g/mol. The second kappa shape index (κ2) is 6.87. The van der Waals surface area contributed by atoms with Gasteiger partial charge in [0.25, 0.3) is 5.91 Å². The molecule has 2 aromatic carbocycles. The minimum Gasteiger partial charge on any atom is -0.348 e. The van der Waals surface area contributed by atoms with Gasteiger partial charge in [0.05, 0.1) is 5.56 Å². The van der Waals surface area contributed by atoms with E-state index in [1.54, 1.807) is 18.2 Å². The zero-order valence-corrected chi connectivity index (χ0v) is 12.6. The lowest BCUT2D eigenvalue weighted by Crippen LogP contribution is -2.45. The van der Waals surface area contributed by atoms with Crippen molar-refractivity contribution in [1.29, 1.82) is 0 Å². The van der Waals surface area contributed by atoms with Crippen LogP contribution in [0.1, 0.15) is 23.2 Å². The van der Waals surface area contributed by atoms with Crippen LogP contribution in [-0.2, 0) is 0 Å². The molecule has 2 aromatic rings. The molecule has 1 amide bonds. The van der Waals surface area contributed by atoms with E-state index < -0.39 is 11.7 Å². The van der Waals surface area contributed by atoms with Gasteiger partial charge in [-0.3, -0.25) is 4.79 Å². The molecule has 23 heavy (non-hydrogen) atoms. The Kier molecular flexibility index (Phi) is 4.67. The van der Waals surface area contributed by atoms with Crippen molar-refractivity contribution in [1.82, 2.24) is 10.6 Å². The van der Waals surface area contributed by atoms with Crippen molar-refractivity contribution < 1.29 is 13.6 Å². The maximum Gasteiger partial charge on any atom is 0.254 e.